The van der Waals surface area contributed by atoms with Gasteiger partial charge in [0, 0.05) is 24.2 Å². The Labute approximate surface area is 171 Å². The molecule has 1 amide bonds. The Bertz CT molecular complexity index is 981. The molecule has 152 valence electrons. The maximum atomic E-state index is 12.4. The van der Waals surface area contributed by atoms with Gasteiger partial charge in [-0.1, -0.05) is 18.2 Å². The number of aromatic nitrogens is 2. The first-order valence-electron chi connectivity index (χ1n) is 9.61. The fourth-order valence-electron chi connectivity index (χ4n) is 3.35. The molecule has 3 rings (SSSR count). The number of ether oxygens (including phenoxy) is 2. The average molecular weight is 393 g/mol. The van der Waals surface area contributed by atoms with Crippen LogP contribution in [0.3, 0.4) is 0 Å². The number of carbonyl (C=O) groups is 1. The van der Waals surface area contributed by atoms with Crippen LogP contribution in [-0.4, -0.2) is 29.9 Å². The molecule has 0 aliphatic carbocycles. The standard InChI is InChI=1S/C23H27N3O3/c1-16-21(17(2)26(25-16)19-8-6-5-7-9-19)15-24-23(27)13-10-18-14-20(28-3)11-12-22(18)29-4/h5-9,11-12,14H,10,13,15H2,1-4H3,(H,24,27). The summed E-state index contributed by atoms with van der Waals surface area (Å²) in [5.41, 5.74) is 4.95. The zero-order valence-corrected chi connectivity index (χ0v) is 17.4. The summed E-state index contributed by atoms with van der Waals surface area (Å²) in [6.45, 7) is 4.45. The first-order valence-corrected chi connectivity index (χ1v) is 9.61. The van der Waals surface area contributed by atoms with Crippen molar-refractivity contribution in [1.82, 2.24) is 15.1 Å². The molecule has 0 atom stereocenters. The molecule has 0 fully saturated rings. The van der Waals surface area contributed by atoms with Gasteiger partial charge in [-0.15, -0.1) is 0 Å². The molecule has 1 aromatic heterocycles. The fraction of sp³-hybridized carbons (Fsp3) is 0.304. The Morgan fingerprint density at radius 3 is 2.52 bits per heavy atom. The van der Waals surface area contributed by atoms with Crippen LogP contribution in [0.1, 0.15) is 28.9 Å². The van der Waals surface area contributed by atoms with E-state index in [-0.39, 0.29) is 5.91 Å². The van der Waals surface area contributed by atoms with Gasteiger partial charge in [-0.05, 0) is 56.2 Å². The predicted molar refractivity (Wildman–Crippen MR) is 113 cm³/mol. The molecule has 0 saturated carbocycles. The number of nitrogens with zero attached hydrogens (tertiary/aromatic N) is 2. The Balaban J connectivity index is 1.63. The van der Waals surface area contributed by atoms with E-state index < -0.39 is 0 Å². The number of nitrogens with one attached hydrogen (secondary N) is 1. The number of methoxy groups -OCH3 is 2. The van der Waals surface area contributed by atoms with Gasteiger partial charge in [0.25, 0.3) is 0 Å². The van der Waals surface area contributed by atoms with Gasteiger partial charge in [0.15, 0.2) is 0 Å². The monoisotopic (exact) mass is 393 g/mol. The lowest BCUT2D eigenvalue weighted by molar-refractivity contribution is -0.121. The molecule has 3 aromatic rings. The molecule has 6 heteroatoms. The third-order valence-electron chi connectivity index (χ3n) is 5.01. The summed E-state index contributed by atoms with van der Waals surface area (Å²) in [7, 11) is 3.25. The number of carbonyl (C=O) groups excluding carboxylic acids is 1. The topological polar surface area (TPSA) is 65.4 Å². The summed E-state index contributed by atoms with van der Waals surface area (Å²) in [6, 6.07) is 15.6. The van der Waals surface area contributed by atoms with Crippen molar-refractivity contribution in [3.63, 3.8) is 0 Å². The van der Waals surface area contributed by atoms with Crippen molar-refractivity contribution in [1.29, 1.82) is 0 Å². The molecule has 0 spiro atoms. The zero-order valence-electron chi connectivity index (χ0n) is 17.4. The van der Waals surface area contributed by atoms with Gasteiger partial charge in [-0.2, -0.15) is 5.10 Å². The highest BCUT2D eigenvalue weighted by molar-refractivity contribution is 5.76. The summed E-state index contributed by atoms with van der Waals surface area (Å²) in [5, 5.41) is 7.65. The summed E-state index contributed by atoms with van der Waals surface area (Å²) >= 11 is 0. The van der Waals surface area contributed by atoms with Crippen molar-refractivity contribution in [2.75, 3.05) is 14.2 Å². The van der Waals surface area contributed by atoms with Crippen molar-refractivity contribution in [3.05, 3.63) is 71.0 Å². The summed E-state index contributed by atoms with van der Waals surface area (Å²) in [5.74, 6) is 1.50. The summed E-state index contributed by atoms with van der Waals surface area (Å²) < 4.78 is 12.6. The van der Waals surface area contributed by atoms with Gasteiger partial charge in [0.05, 0.1) is 25.6 Å². The highest BCUT2D eigenvalue weighted by Gasteiger charge is 2.14. The number of hydrogen-bond acceptors (Lipinski definition) is 4. The molecule has 29 heavy (non-hydrogen) atoms. The number of aryl methyl sites for hydroxylation is 2. The van der Waals surface area contributed by atoms with Crippen LogP contribution < -0.4 is 14.8 Å². The van der Waals surface area contributed by atoms with Gasteiger partial charge in [0.1, 0.15) is 11.5 Å². The van der Waals surface area contributed by atoms with E-state index in [4.69, 9.17) is 9.47 Å². The summed E-state index contributed by atoms with van der Waals surface area (Å²) in [4.78, 5) is 12.4. The second-order valence-corrected chi connectivity index (χ2v) is 6.85. The van der Waals surface area contributed by atoms with Crippen LogP contribution in [0.25, 0.3) is 5.69 Å². The zero-order chi connectivity index (χ0) is 20.8. The lowest BCUT2D eigenvalue weighted by Gasteiger charge is -2.11. The Morgan fingerprint density at radius 1 is 1.07 bits per heavy atom. The fourth-order valence-corrected chi connectivity index (χ4v) is 3.35. The van der Waals surface area contributed by atoms with Crippen LogP contribution in [0, 0.1) is 13.8 Å². The van der Waals surface area contributed by atoms with Crippen LogP contribution >= 0.6 is 0 Å². The van der Waals surface area contributed by atoms with E-state index in [1.165, 1.54) is 0 Å². The molecule has 2 aromatic carbocycles. The van der Waals surface area contributed by atoms with E-state index >= 15 is 0 Å². The molecule has 0 unspecified atom stereocenters. The van der Waals surface area contributed by atoms with Gasteiger partial charge >= 0.3 is 0 Å². The molecular formula is C23H27N3O3. The second kappa shape index (κ2) is 9.28. The lowest BCUT2D eigenvalue weighted by Crippen LogP contribution is -2.23. The van der Waals surface area contributed by atoms with Gasteiger partial charge in [0.2, 0.25) is 5.91 Å². The average Bonchev–Trinajstić information content (AvgIpc) is 3.04. The number of hydrogen-bond donors (Lipinski definition) is 1. The first kappa shape index (κ1) is 20.5. The molecular weight excluding hydrogens is 366 g/mol. The normalized spacial score (nSPS) is 10.6. The van der Waals surface area contributed by atoms with Crippen molar-refractivity contribution in [2.45, 2.75) is 33.2 Å². The van der Waals surface area contributed by atoms with E-state index in [1.807, 2.05) is 67.1 Å². The number of para-hydroxylation sites is 1. The van der Waals surface area contributed by atoms with Crippen molar-refractivity contribution in [2.24, 2.45) is 0 Å². The molecule has 1 heterocycles. The Kier molecular flexibility index (Phi) is 6.54. The van der Waals surface area contributed by atoms with Crippen LogP contribution in [0.2, 0.25) is 0 Å². The number of amides is 1. The van der Waals surface area contributed by atoms with E-state index in [2.05, 4.69) is 10.4 Å². The Morgan fingerprint density at radius 2 is 1.83 bits per heavy atom. The molecule has 0 aliphatic rings. The van der Waals surface area contributed by atoms with Gasteiger partial charge < -0.3 is 14.8 Å². The maximum Gasteiger partial charge on any atom is 0.220 e. The molecule has 1 N–H and O–H groups in total. The second-order valence-electron chi connectivity index (χ2n) is 6.85. The highest BCUT2D eigenvalue weighted by atomic mass is 16.5. The highest BCUT2D eigenvalue weighted by Crippen LogP contribution is 2.25. The molecule has 0 aliphatic heterocycles. The molecule has 0 radical (unpaired) electrons. The number of benzene rings is 2. The largest absolute Gasteiger partial charge is 0.497 e. The lowest BCUT2D eigenvalue weighted by atomic mass is 10.1. The maximum absolute atomic E-state index is 12.4. The van der Waals surface area contributed by atoms with Crippen LogP contribution in [0.5, 0.6) is 11.5 Å². The van der Waals surface area contributed by atoms with Crippen LogP contribution in [0.4, 0.5) is 0 Å². The van der Waals surface area contributed by atoms with E-state index in [0.29, 0.717) is 19.4 Å². The third-order valence-corrected chi connectivity index (χ3v) is 5.01. The number of rotatable bonds is 8. The molecule has 6 nitrogen and oxygen atoms in total. The predicted octanol–water partition coefficient (Wildman–Crippen LogP) is 3.76. The quantitative estimate of drug-likeness (QED) is 0.633. The van der Waals surface area contributed by atoms with E-state index in [1.54, 1.807) is 14.2 Å². The minimum absolute atomic E-state index is 0.0128. The molecule has 0 bridgehead atoms. The minimum Gasteiger partial charge on any atom is -0.497 e. The third kappa shape index (κ3) is 4.77. The Hall–Kier alpha value is -3.28. The van der Waals surface area contributed by atoms with Gasteiger partial charge in [-0.25, -0.2) is 4.68 Å². The summed E-state index contributed by atoms with van der Waals surface area (Å²) in [6.07, 6.45) is 0.946. The van der Waals surface area contributed by atoms with E-state index in [9.17, 15) is 4.79 Å². The van der Waals surface area contributed by atoms with Crippen molar-refractivity contribution >= 4 is 5.91 Å². The first-order chi connectivity index (χ1) is 14.0. The van der Waals surface area contributed by atoms with E-state index in [0.717, 1.165) is 39.7 Å². The molecule has 0 saturated heterocycles. The van der Waals surface area contributed by atoms with Crippen molar-refractivity contribution in [3.8, 4) is 17.2 Å². The van der Waals surface area contributed by atoms with Crippen LogP contribution in [-0.2, 0) is 17.8 Å². The van der Waals surface area contributed by atoms with Crippen LogP contribution in [0.15, 0.2) is 48.5 Å². The van der Waals surface area contributed by atoms with Crippen molar-refractivity contribution < 1.29 is 14.3 Å². The van der Waals surface area contributed by atoms with Gasteiger partial charge in [-0.3, -0.25) is 4.79 Å². The smallest absolute Gasteiger partial charge is 0.220 e. The SMILES string of the molecule is COc1ccc(OC)c(CCC(=O)NCc2c(C)nn(-c3ccccc3)c2C)c1. The minimum atomic E-state index is -0.0128.